The van der Waals surface area contributed by atoms with E-state index < -0.39 is 17.9 Å². The zero-order chi connectivity index (χ0) is 21.1. The second kappa shape index (κ2) is 11.0. The molecule has 0 aliphatic rings. The number of benzene rings is 2. The van der Waals surface area contributed by atoms with Crippen molar-refractivity contribution in [1.29, 1.82) is 5.26 Å². The SMILES string of the molecule is C=CC(=O)OCCOC(=O)CCC(=O)Oc1ccc(-c2ccc(C#N)cc2)cc1. The predicted molar refractivity (Wildman–Crippen MR) is 104 cm³/mol. The Kier molecular flexibility index (Phi) is 8.14. The van der Waals surface area contributed by atoms with Gasteiger partial charge in [-0.2, -0.15) is 5.26 Å². The quantitative estimate of drug-likeness (QED) is 0.279. The van der Waals surface area contributed by atoms with E-state index in [1.807, 2.05) is 12.1 Å². The fourth-order valence-electron chi connectivity index (χ4n) is 2.27. The molecule has 2 rings (SSSR count). The maximum absolute atomic E-state index is 11.9. The van der Waals surface area contributed by atoms with E-state index in [-0.39, 0.29) is 26.1 Å². The van der Waals surface area contributed by atoms with Crippen molar-refractivity contribution in [3.05, 3.63) is 66.7 Å². The van der Waals surface area contributed by atoms with E-state index in [0.717, 1.165) is 17.2 Å². The minimum absolute atomic E-state index is 0.0768. The molecule has 0 N–H and O–H groups in total. The van der Waals surface area contributed by atoms with Gasteiger partial charge in [0.05, 0.1) is 24.5 Å². The summed E-state index contributed by atoms with van der Waals surface area (Å²) >= 11 is 0. The van der Waals surface area contributed by atoms with Crippen molar-refractivity contribution in [3.63, 3.8) is 0 Å². The van der Waals surface area contributed by atoms with Crippen molar-refractivity contribution in [3.8, 4) is 22.9 Å². The highest BCUT2D eigenvalue weighted by molar-refractivity contribution is 5.81. The van der Waals surface area contributed by atoms with E-state index in [1.54, 1.807) is 36.4 Å². The van der Waals surface area contributed by atoms with Crippen LogP contribution in [0.5, 0.6) is 5.75 Å². The van der Waals surface area contributed by atoms with Gasteiger partial charge in [0, 0.05) is 6.08 Å². The van der Waals surface area contributed by atoms with Gasteiger partial charge in [-0.3, -0.25) is 9.59 Å². The number of nitrogens with zero attached hydrogens (tertiary/aromatic N) is 1. The molecular formula is C22H19NO6. The Morgan fingerprint density at radius 1 is 0.862 bits per heavy atom. The first-order chi connectivity index (χ1) is 14.0. The van der Waals surface area contributed by atoms with Crippen molar-refractivity contribution < 1.29 is 28.6 Å². The molecule has 0 atom stereocenters. The molecule has 0 saturated carbocycles. The van der Waals surface area contributed by atoms with Gasteiger partial charge in [0.1, 0.15) is 19.0 Å². The third-order valence-electron chi connectivity index (χ3n) is 3.72. The number of carbonyl (C=O) groups is 3. The first kappa shape index (κ1) is 21.4. The van der Waals surface area contributed by atoms with Crippen molar-refractivity contribution in [1.82, 2.24) is 0 Å². The average molecular weight is 393 g/mol. The van der Waals surface area contributed by atoms with E-state index >= 15 is 0 Å². The highest BCUT2D eigenvalue weighted by Crippen LogP contribution is 2.23. The fraction of sp³-hybridized carbons (Fsp3) is 0.182. The second-order valence-electron chi connectivity index (χ2n) is 5.78. The van der Waals surface area contributed by atoms with E-state index in [0.29, 0.717) is 11.3 Å². The molecule has 0 heterocycles. The molecule has 0 aliphatic heterocycles. The van der Waals surface area contributed by atoms with E-state index in [1.165, 1.54) is 0 Å². The molecule has 0 saturated heterocycles. The average Bonchev–Trinajstić information content (AvgIpc) is 2.75. The lowest BCUT2D eigenvalue weighted by Gasteiger charge is -2.07. The van der Waals surface area contributed by atoms with Crippen LogP contribution < -0.4 is 4.74 Å². The Morgan fingerprint density at radius 3 is 2.00 bits per heavy atom. The van der Waals surface area contributed by atoms with Gasteiger partial charge in [0.15, 0.2) is 0 Å². The van der Waals surface area contributed by atoms with Crippen molar-refractivity contribution in [2.45, 2.75) is 12.8 Å². The molecule has 0 bridgehead atoms. The molecule has 0 unspecified atom stereocenters. The van der Waals surface area contributed by atoms with Crippen LogP contribution in [-0.4, -0.2) is 31.1 Å². The summed E-state index contributed by atoms with van der Waals surface area (Å²) in [4.78, 5) is 34.2. The molecule has 0 fully saturated rings. The van der Waals surface area contributed by atoms with Crippen LogP contribution in [0, 0.1) is 11.3 Å². The molecule has 7 nitrogen and oxygen atoms in total. The number of rotatable bonds is 9. The Morgan fingerprint density at radius 2 is 1.41 bits per heavy atom. The zero-order valence-electron chi connectivity index (χ0n) is 15.6. The Bertz CT molecular complexity index is 910. The second-order valence-corrected chi connectivity index (χ2v) is 5.78. The summed E-state index contributed by atoms with van der Waals surface area (Å²) in [6.45, 7) is 3.07. The lowest BCUT2D eigenvalue weighted by atomic mass is 10.0. The van der Waals surface area contributed by atoms with Crippen LogP contribution in [0.1, 0.15) is 18.4 Å². The van der Waals surface area contributed by atoms with Crippen LogP contribution in [-0.2, 0) is 23.9 Å². The van der Waals surface area contributed by atoms with Gasteiger partial charge in [-0.05, 0) is 35.4 Å². The summed E-state index contributed by atoms with van der Waals surface area (Å²) < 4.78 is 14.7. The number of hydrogen-bond donors (Lipinski definition) is 0. The molecule has 2 aromatic rings. The van der Waals surface area contributed by atoms with E-state index in [9.17, 15) is 14.4 Å². The van der Waals surface area contributed by atoms with Crippen molar-refractivity contribution >= 4 is 17.9 Å². The van der Waals surface area contributed by atoms with Crippen LogP contribution in [0.15, 0.2) is 61.2 Å². The maximum Gasteiger partial charge on any atom is 0.330 e. The third kappa shape index (κ3) is 7.31. The molecule has 148 valence electrons. The highest BCUT2D eigenvalue weighted by atomic mass is 16.6. The number of hydrogen-bond acceptors (Lipinski definition) is 7. The van der Waals surface area contributed by atoms with Crippen LogP contribution in [0.3, 0.4) is 0 Å². The molecule has 0 aliphatic carbocycles. The third-order valence-corrected chi connectivity index (χ3v) is 3.72. The summed E-state index contributed by atoms with van der Waals surface area (Å²) in [5.74, 6) is -1.40. The van der Waals surface area contributed by atoms with Gasteiger partial charge in [-0.15, -0.1) is 0 Å². The molecule has 0 spiro atoms. The predicted octanol–water partition coefficient (Wildman–Crippen LogP) is 3.18. The van der Waals surface area contributed by atoms with Gasteiger partial charge in [0.2, 0.25) is 0 Å². The number of ether oxygens (including phenoxy) is 3. The molecule has 0 amide bonds. The van der Waals surface area contributed by atoms with Crippen molar-refractivity contribution in [2.24, 2.45) is 0 Å². The summed E-state index contributed by atoms with van der Waals surface area (Å²) in [6.07, 6.45) is 0.731. The highest BCUT2D eigenvalue weighted by Gasteiger charge is 2.11. The van der Waals surface area contributed by atoms with Crippen LogP contribution in [0.4, 0.5) is 0 Å². The van der Waals surface area contributed by atoms with Crippen LogP contribution >= 0.6 is 0 Å². The normalized spacial score (nSPS) is 9.76. The van der Waals surface area contributed by atoms with Gasteiger partial charge < -0.3 is 14.2 Å². The minimum Gasteiger partial charge on any atom is -0.462 e. The molecule has 0 radical (unpaired) electrons. The smallest absolute Gasteiger partial charge is 0.330 e. The van der Waals surface area contributed by atoms with Crippen LogP contribution in [0.2, 0.25) is 0 Å². The van der Waals surface area contributed by atoms with Crippen LogP contribution in [0.25, 0.3) is 11.1 Å². The molecule has 0 aromatic heterocycles. The first-order valence-electron chi connectivity index (χ1n) is 8.78. The topological polar surface area (TPSA) is 103 Å². The van der Waals surface area contributed by atoms with Gasteiger partial charge in [0.25, 0.3) is 0 Å². The molecule has 29 heavy (non-hydrogen) atoms. The van der Waals surface area contributed by atoms with Gasteiger partial charge >= 0.3 is 17.9 Å². The summed E-state index contributed by atoms with van der Waals surface area (Å²) in [5, 5.41) is 8.83. The summed E-state index contributed by atoms with van der Waals surface area (Å²) in [5.41, 5.74) is 2.43. The molecular weight excluding hydrogens is 374 g/mol. The Hall–Kier alpha value is -3.92. The van der Waals surface area contributed by atoms with Gasteiger partial charge in [-0.25, -0.2) is 4.79 Å². The Labute approximate surface area is 168 Å². The lowest BCUT2D eigenvalue weighted by molar-refractivity contribution is -0.151. The molecule has 2 aromatic carbocycles. The van der Waals surface area contributed by atoms with Crippen molar-refractivity contribution in [2.75, 3.05) is 13.2 Å². The zero-order valence-corrected chi connectivity index (χ0v) is 15.6. The summed E-state index contributed by atoms with van der Waals surface area (Å²) in [6, 6.07) is 16.1. The minimum atomic E-state index is -0.602. The Balaban J connectivity index is 1.74. The molecule has 7 heteroatoms. The monoisotopic (exact) mass is 393 g/mol. The maximum atomic E-state index is 11.9. The lowest BCUT2D eigenvalue weighted by Crippen LogP contribution is -2.15. The summed E-state index contributed by atoms with van der Waals surface area (Å²) in [7, 11) is 0. The first-order valence-corrected chi connectivity index (χ1v) is 8.78. The number of esters is 3. The van der Waals surface area contributed by atoms with Gasteiger partial charge in [-0.1, -0.05) is 30.8 Å². The standard InChI is InChI=1S/C22H19NO6/c1-2-20(24)27-13-14-28-21(25)11-12-22(26)29-19-9-7-18(8-10-19)17-5-3-16(15-23)4-6-17/h2-10H,1,11-14H2. The van der Waals surface area contributed by atoms with E-state index in [2.05, 4.69) is 17.4 Å². The van der Waals surface area contributed by atoms with E-state index in [4.69, 9.17) is 14.7 Å². The largest absolute Gasteiger partial charge is 0.462 e. The fourth-order valence-corrected chi connectivity index (χ4v) is 2.27. The number of carbonyl (C=O) groups excluding carboxylic acids is 3. The number of nitriles is 1.